The fraction of sp³-hybridized carbons (Fsp3) is 0.269. The third kappa shape index (κ3) is 6.80. The average Bonchev–Trinajstić information content (AvgIpc) is 3.09. The van der Waals surface area contributed by atoms with Gasteiger partial charge in [-0.25, -0.2) is 4.68 Å². The number of benzene rings is 2. The molecular formula is C26H29ClN4O2. The van der Waals surface area contributed by atoms with E-state index < -0.39 is 0 Å². The molecule has 0 spiro atoms. The SMILES string of the molecule is CCC(C)NC(=O)c1cccc(CNC(=O)/C=C/c2c(C)nn(Cc3ccccc3)c2Cl)c1. The van der Waals surface area contributed by atoms with E-state index in [0.29, 0.717) is 29.4 Å². The van der Waals surface area contributed by atoms with E-state index in [1.165, 1.54) is 6.08 Å². The maximum atomic E-state index is 12.4. The lowest BCUT2D eigenvalue weighted by Crippen LogP contribution is -2.32. The number of carbonyl (C=O) groups excluding carboxylic acids is 2. The van der Waals surface area contributed by atoms with Crippen LogP contribution in [-0.4, -0.2) is 27.6 Å². The first-order chi connectivity index (χ1) is 15.9. The zero-order valence-electron chi connectivity index (χ0n) is 19.1. The van der Waals surface area contributed by atoms with Gasteiger partial charge >= 0.3 is 0 Å². The molecule has 6 nitrogen and oxygen atoms in total. The number of rotatable bonds is 9. The number of amides is 2. The molecule has 33 heavy (non-hydrogen) atoms. The summed E-state index contributed by atoms with van der Waals surface area (Å²) in [5.74, 6) is -0.370. The first-order valence-corrected chi connectivity index (χ1v) is 11.4. The third-order valence-electron chi connectivity index (χ3n) is 5.33. The highest BCUT2D eigenvalue weighted by Gasteiger charge is 2.12. The van der Waals surface area contributed by atoms with Crippen molar-refractivity contribution in [2.45, 2.75) is 46.3 Å². The van der Waals surface area contributed by atoms with Gasteiger partial charge in [-0.3, -0.25) is 9.59 Å². The van der Waals surface area contributed by atoms with E-state index in [4.69, 9.17) is 11.6 Å². The van der Waals surface area contributed by atoms with E-state index in [1.807, 2.05) is 63.2 Å². The van der Waals surface area contributed by atoms with E-state index in [1.54, 1.807) is 22.9 Å². The summed E-state index contributed by atoms with van der Waals surface area (Å²) >= 11 is 6.51. The van der Waals surface area contributed by atoms with Crippen molar-refractivity contribution in [3.63, 3.8) is 0 Å². The molecule has 7 heteroatoms. The zero-order valence-corrected chi connectivity index (χ0v) is 19.9. The molecule has 3 aromatic rings. The first-order valence-electron chi connectivity index (χ1n) is 11.0. The Kier molecular flexibility index (Phi) is 8.44. The molecule has 0 aliphatic heterocycles. The molecular weight excluding hydrogens is 436 g/mol. The van der Waals surface area contributed by atoms with E-state index in [-0.39, 0.29) is 17.9 Å². The Labute approximate surface area is 199 Å². The highest BCUT2D eigenvalue weighted by molar-refractivity contribution is 6.31. The summed E-state index contributed by atoms with van der Waals surface area (Å²) in [6, 6.07) is 17.3. The van der Waals surface area contributed by atoms with Crippen LogP contribution in [0.5, 0.6) is 0 Å². The topological polar surface area (TPSA) is 76.0 Å². The van der Waals surface area contributed by atoms with E-state index >= 15 is 0 Å². The van der Waals surface area contributed by atoms with Crippen LogP contribution in [0.1, 0.15) is 53.0 Å². The lowest BCUT2D eigenvalue weighted by atomic mass is 10.1. The van der Waals surface area contributed by atoms with Crippen molar-refractivity contribution in [3.05, 3.63) is 93.8 Å². The summed E-state index contributed by atoms with van der Waals surface area (Å²) in [4.78, 5) is 24.7. The number of carbonyl (C=O) groups is 2. The summed E-state index contributed by atoms with van der Waals surface area (Å²) in [6.45, 7) is 6.72. The molecule has 0 radical (unpaired) electrons. The zero-order chi connectivity index (χ0) is 23.8. The molecule has 2 aromatic carbocycles. The standard InChI is InChI=1S/C26H29ClN4O2/c1-4-18(2)29-26(33)22-12-8-11-21(15-22)16-28-24(32)14-13-23-19(3)30-31(25(23)27)17-20-9-6-5-7-10-20/h5-15,18H,4,16-17H2,1-3H3,(H,28,32)(H,29,33)/b14-13+. The fourth-order valence-corrected chi connectivity index (χ4v) is 3.55. The minimum atomic E-state index is -0.254. The predicted octanol–water partition coefficient (Wildman–Crippen LogP) is 4.75. The van der Waals surface area contributed by atoms with Crippen LogP contribution in [0.15, 0.2) is 60.7 Å². The molecule has 0 aliphatic carbocycles. The quantitative estimate of drug-likeness (QED) is 0.448. The summed E-state index contributed by atoms with van der Waals surface area (Å²) in [6.07, 6.45) is 3.99. The largest absolute Gasteiger partial charge is 0.350 e. The third-order valence-corrected chi connectivity index (χ3v) is 5.73. The minimum Gasteiger partial charge on any atom is -0.350 e. The minimum absolute atomic E-state index is 0.110. The van der Waals surface area contributed by atoms with Crippen molar-refractivity contribution in [3.8, 4) is 0 Å². The predicted molar refractivity (Wildman–Crippen MR) is 132 cm³/mol. The van der Waals surface area contributed by atoms with Crippen LogP contribution in [0.25, 0.3) is 6.08 Å². The number of nitrogens with one attached hydrogen (secondary N) is 2. The number of hydrogen-bond acceptors (Lipinski definition) is 3. The molecule has 3 rings (SSSR count). The van der Waals surface area contributed by atoms with Gasteiger partial charge in [-0.2, -0.15) is 5.10 Å². The second-order valence-electron chi connectivity index (χ2n) is 7.97. The van der Waals surface area contributed by atoms with Gasteiger partial charge in [0.2, 0.25) is 5.91 Å². The van der Waals surface area contributed by atoms with Gasteiger partial charge in [0.05, 0.1) is 12.2 Å². The van der Waals surface area contributed by atoms with Gasteiger partial charge < -0.3 is 10.6 Å². The maximum Gasteiger partial charge on any atom is 0.251 e. The fourth-order valence-electron chi connectivity index (χ4n) is 3.26. The van der Waals surface area contributed by atoms with Gasteiger partial charge in [-0.05, 0) is 49.6 Å². The highest BCUT2D eigenvalue weighted by atomic mass is 35.5. The number of aryl methyl sites for hydroxylation is 1. The average molecular weight is 465 g/mol. The molecule has 1 atom stereocenters. The van der Waals surface area contributed by atoms with Crippen LogP contribution in [-0.2, 0) is 17.9 Å². The molecule has 2 amide bonds. The van der Waals surface area contributed by atoms with Gasteiger partial charge in [0.25, 0.3) is 5.91 Å². The van der Waals surface area contributed by atoms with Crippen molar-refractivity contribution in [2.75, 3.05) is 0 Å². The molecule has 0 saturated carbocycles. The number of nitrogens with zero attached hydrogens (tertiary/aromatic N) is 2. The summed E-state index contributed by atoms with van der Waals surface area (Å²) in [7, 11) is 0. The highest BCUT2D eigenvalue weighted by Crippen LogP contribution is 2.22. The van der Waals surface area contributed by atoms with Crippen molar-refractivity contribution < 1.29 is 9.59 Å². The van der Waals surface area contributed by atoms with Crippen LogP contribution in [0.3, 0.4) is 0 Å². The molecule has 0 aliphatic rings. The monoisotopic (exact) mass is 464 g/mol. The molecule has 0 saturated heterocycles. The Bertz CT molecular complexity index is 1140. The van der Waals surface area contributed by atoms with Gasteiger partial charge in [-0.1, -0.05) is 61.0 Å². The number of hydrogen-bond donors (Lipinski definition) is 2. The van der Waals surface area contributed by atoms with E-state index in [0.717, 1.165) is 23.2 Å². The van der Waals surface area contributed by atoms with Crippen molar-refractivity contribution >= 4 is 29.5 Å². The van der Waals surface area contributed by atoms with Gasteiger partial charge in [-0.15, -0.1) is 0 Å². The Balaban J connectivity index is 1.60. The van der Waals surface area contributed by atoms with E-state index in [2.05, 4.69) is 15.7 Å². The Morgan fingerprint density at radius 2 is 1.85 bits per heavy atom. The molecule has 2 N–H and O–H groups in total. The second-order valence-corrected chi connectivity index (χ2v) is 8.33. The molecule has 0 bridgehead atoms. The van der Waals surface area contributed by atoms with E-state index in [9.17, 15) is 9.59 Å². The van der Waals surface area contributed by atoms with Crippen molar-refractivity contribution in [1.82, 2.24) is 20.4 Å². The van der Waals surface area contributed by atoms with Crippen molar-refractivity contribution in [2.24, 2.45) is 0 Å². The maximum absolute atomic E-state index is 12.4. The van der Waals surface area contributed by atoms with Crippen LogP contribution < -0.4 is 10.6 Å². The Morgan fingerprint density at radius 3 is 2.58 bits per heavy atom. The normalized spacial score (nSPS) is 12.0. The van der Waals surface area contributed by atoms with Gasteiger partial charge in [0, 0.05) is 29.8 Å². The Morgan fingerprint density at radius 1 is 1.12 bits per heavy atom. The summed E-state index contributed by atoms with van der Waals surface area (Å²) in [5.41, 5.74) is 3.98. The van der Waals surface area contributed by atoms with Crippen LogP contribution >= 0.6 is 11.6 Å². The number of halogens is 1. The van der Waals surface area contributed by atoms with Crippen molar-refractivity contribution in [1.29, 1.82) is 0 Å². The smallest absolute Gasteiger partial charge is 0.251 e. The molecule has 0 fully saturated rings. The second kappa shape index (κ2) is 11.5. The summed E-state index contributed by atoms with van der Waals surface area (Å²) < 4.78 is 1.72. The lowest BCUT2D eigenvalue weighted by Gasteiger charge is -2.12. The lowest BCUT2D eigenvalue weighted by molar-refractivity contribution is -0.116. The first kappa shape index (κ1) is 24.3. The van der Waals surface area contributed by atoms with Gasteiger partial charge in [0.15, 0.2) is 0 Å². The van der Waals surface area contributed by atoms with Crippen LogP contribution in [0.2, 0.25) is 5.15 Å². The molecule has 1 aromatic heterocycles. The summed E-state index contributed by atoms with van der Waals surface area (Å²) in [5, 5.41) is 10.8. The number of aromatic nitrogens is 2. The molecule has 1 unspecified atom stereocenters. The molecule has 172 valence electrons. The molecule has 1 heterocycles. The van der Waals surface area contributed by atoms with Crippen LogP contribution in [0, 0.1) is 6.92 Å². The van der Waals surface area contributed by atoms with Gasteiger partial charge in [0.1, 0.15) is 5.15 Å². The Hall–Kier alpha value is -3.38. The van der Waals surface area contributed by atoms with Crippen LogP contribution in [0.4, 0.5) is 0 Å².